The summed E-state index contributed by atoms with van der Waals surface area (Å²) in [6, 6.07) is 0. The highest BCUT2D eigenvalue weighted by atomic mass is 32.1. The van der Waals surface area contributed by atoms with Gasteiger partial charge in [0.05, 0.1) is 4.99 Å². The van der Waals surface area contributed by atoms with E-state index in [-0.39, 0.29) is 0 Å². The Balaban J connectivity index is 2.23. The molecular weight excluding hydrogens is 156 g/mol. The first kappa shape index (κ1) is 8.94. The van der Waals surface area contributed by atoms with Crippen LogP contribution in [0.1, 0.15) is 19.8 Å². The Hall–Kier alpha value is -0.150. The van der Waals surface area contributed by atoms with Crippen LogP contribution in [0.2, 0.25) is 0 Å². The summed E-state index contributed by atoms with van der Waals surface area (Å²) in [5.74, 6) is 0.378. The van der Waals surface area contributed by atoms with Crippen LogP contribution in [0, 0.1) is 5.92 Å². The molecule has 1 atom stereocenters. The standard InChI is InChI=1S/C8H16N2S/c1-7(8(9)11)6-10-4-2-3-5-10/h7H,2-6H2,1H3,(H2,9,11). The van der Waals surface area contributed by atoms with Gasteiger partial charge in [0.25, 0.3) is 0 Å². The fourth-order valence-electron chi connectivity index (χ4n) is 1.44. The second-order valence-corrected chi connectivity index (χ2v) is 3.78. The van der Waals surface area contributed by atoms with Crippen LogP contribution in [0.4, 0.5) is 0 Å². The van der Waals surface area contributed by atoms with Crippen molar-refractivity contribution in [2.75, 3.05) is 19.6 Å². The summed E-state index contributed by atoms with van der Waals surface area (Å²) in [6.07, 6.45) is 2.67. The molecule has 0 radical (unpaired) electrons. The van der Waals surface area contributed by atoms with Crippen molar-refractivity contribution in [2.45, 2.75) is 19.8 Å². The molecule has 1 saturated heterocycles. The molecule has 11 heavy (non-hydrogen) atoms. The molecule has 1 fully saturated rings. The van der Waals surface area contributed by atoms with E-state index in [1.807, 2.05) is 0 Å². The van der Waals surface area contributed by atoms with Gasteiger partial charge in [0.15, 0.2) is 0 Å². The van der Waals surface area contributed by atoms with Gasteiger partial charge in [-0.1, -0.05) is 19.1 Å². The van der Waals surface area contributed by atoms with Gasteiger partial charge in [0.2, 0.25) is 0 Å². The van der Waals surface area contributed by atoms with Crippen LogP contribution >= 0.6 is 12.2 Å². The van der Waals surface area contributed by atoms with Crippen LogP contribution in [0.15, 0.2) is 0 Å². The van der Waals surface area contributed by atoms with Crippen molar-refractivity contribution < 1.29 is 0 Å². The van der Waals surface area contributed by atoms with Crippen molar-refractivity contribution >= 4 is 17.2 Å². The normalized spacial score (nSPS) is 21.9. The maximum absolute atomic E-state index is 5.52. The molecule has 0 aromatic carbocycles. The molecule has 0 aromatic heterocycles. The van der Waals surface area contributed by atoms with Crippen LogP contribution in [-0.2, 0) is 0 Å². The summed E-state index contributed by atoms with van der Waals surface area (Å²) in [5.41, 5.74) is 5.52. The quantitative estimate of drug-likeness (QED) is 0.644. The lowest BCUT2D eigenvalue weighted by Gasteiger charge is -2.18. The van der Waals surface area contributed by atoms with E-state index in [0.29, 0.717) is 10.9 Å². The van der Waals surface area contributed by atoms with Gasteiger partial charge in [0.1, 0.15) is 0 Å². The minimum atomic E-state index is 0.378. The Morgan fingerprint density at radius 1 is 1.55 bits per heavy atom. The summed E-state index contributed by atoms with van der Waals surface area (Å²) < 4.78 is 0. The minimum Gasteiger partial charge on any atom is -0.393 e. The van der Waals surface area contributed by atoms with Gasteiger partial charge in [0, 0.05) is 12.5 Å². The third-order valence-electron chi connectivity index (χ3n) is 2.22. The fourth-order valence-corrected chi connectivity index (χ4v) is 1.52. The number of thiocarbonyl (C=S) groups is 1. The second-order valence-electron chi connectivity index (χ2n) is 3.31. The maximum atomic E-state index is 5.52. The van der Waals surface area contributed by atoms with Crippen molar-refractivity contribution in [1.82, 2.24) is 4.90 Å². The highest BCUT2D eigenvalue weighted by Gasteiger charge is 2.15. The average Bonchev–Trinajstić information content (AvgIpc) is 2.39. The zero-order chi connectivity index (χ0) is 8.27. The zero-order valence-electron chi connectivity index (χ0n) is 7.05. The van der Waals surface area contributed by atoms with Crippen molar-refractivity contribution in [3.05, 3.63) is 0 Å². The van der Waals surface area contributed by atoms with E-state index in [1.54, 1.807) is 0 Å². The first-order valence-electron chi connectivity index (χ1n) is 4.22. The predicted molar refractivity (Wildman–Crippen MR) is 51.6 cm³/mol. The molecule has 1 aliphatic rings. The number of rotatable bonds is 3. The molecule has 3 heteroatoms. The van der Waals surface area contributed by atoms with Crippen LogP contribution in [0.25, 0.3) is 0 Å². The second kappa shape index (κ2) is 4.02. The first-order chi connectivity index (χ1) is 5.20. The monoisotopic (exact) mass is 172 g/mol. The molecule has 0 aliphatic carbocycles. The van der Waals surface area contributed by atoms with Crippen LogP contribution in [0.3, 0.4) is 0 Å². The van der Waals surface area contributed by atoms with E-state index >= 15 is 0 Å². The topological polar surface area (TPSA) is 29.3 Å². The Kier molecular flexibility index (Phi) is 3.27. The largest absolute Gasteiger partial charge is 0.393 e. The Labute approximate surface area is 73.7 Å². The van der Waals surface area contributed by atoms with E-state index in [2.05, 4.69) is 11.8 Å². The maximum Gasteiger partial charge on any atom is 0.0768 e. The molecule has 0 amide bonds. The van der Waals surface area contributed by atoms with E-state index in [0.717, 1.165) is 6.54 Å². The van der Waals surface area contributed by atoms with Gasteiger partial charge in [-0.05, 0) is 25.9 Å². The van der Waals surface area contributed by atoms with E-state index in [9.17, 15) is 0 Å². The summed E-state index contributed by atoms with van der Waals surface area (Å²) >= 11 is 4.90. The van der Waals surface area contributed by atoms with Crippen molar-refractivity contribution in [3.63, 3.8) is 0 Å². The number of nitrogens with zero attached hydrogens (tertiary/aromatic N) is 1. The summed E-state index contributed by atoms with van der Waals surface area (Å²) in [4.78, 5) is 3.08. The summed E-state index contributed by atoms with van der Waals surface area (Å²) in [6.45, 7) is 5.61. The molecule has 0 saturated carbocycles. The van der Waals surface area contributed by atoms with Gasteiger partial charge < -0.3 is 10.6 Å². The Bertz CT molecular complexity index is 141. The number of nitrogens with two attached hydrogens (primary N) is 1. The zero-order valence-corrected chi connectivity index (χ0v) is 7.86. The lowest BCUT2D eigenvalue weighted by atomic mass is 10.2. The molecule has 0 bridgehead atoms. The number of likely N-dealkylation sites (tertiary alicyclic amines) is 1. The molecule has 1 rings (SSSR count). The SMILES string of the molecule is CC(CN1CCCC1)C(N)=S. The lowest BCUT2D eigenvalue weighted by Crippen LogP contribution is -2.31. The van der Waals surface area contributed by atoms with Gasteiger partial charge in [-0.25, -0.2) is 0 Å². The highest BCUT2D eigenvalue weighted by molar-refractivity contribution is 7.80. The number of hydrogen-bond acceptors (Lipinski definition) is 2. The molecule has 0 spiro atoms. The summed E-state index contributed by atoms with van der Waals surface area (Å²) in [5, 5.41) is 0. The molecule has 1 heterocycles. The third-order valence-corrected chi connectivity index (χ3v) is 2.62. The molecule has 2 nitrogen and oxygen atoms in total. The summed E-state index contributed by atoms with van der Waals surface area (Å²) in [7, 11) is 0. The van der Waals surface area contributed by atoms with Crippen LogP contribution < -0.4 is 5.73 Å². The third kappa shape index (κ3) is 2.75. The van der Waals surface area contributed by atoms with Gasteiger partial charge in [-0.15, -0.1) is 0 Å². The van der Waals surface area contributed by atoms with Crippen molar-refractivity contribution in [3.8, 4) is 0 Å². The molecule has 64 valence electrons. The van der Waals surface area contributed by atoms with Crippen molar-refractivity contribution in [2.24, 2.45) is 11.7 Å². The number of hydrogen-bond donors (Lipinski definition) is 1. The van der Waals surface area contributed by atoms with Gasteiger partial charge in [-0.3, -0.25) is 0 Å². The first-order valence-corrected chi connectivity index (χ1v) is 4.62. The van der Waals surface area contributed by atoms with Crippen molar-refractivity contribution in [1.29, 1.82) is 0 Å². The fraction of sp³-hybridized carbons (Fsp3) is 0.875. The van der Waals surface area contributed by atoms with Gasteiger partial charge in [-0.2, -0.15) is 0 Å². The van der Waals surface area contributed by atoms with E-state index in [4.69, 9.17) is 18.0 Å². The van der Waals surface area contributed by atoms with Crippen LogP contribution in [0.5, 0.6) is 0 Å². The molecule has 2 N–H and O–H groups in total. The molecule has 0 aromatic rings. The smallest absolute Gasteiger partial charge is 0.0768 e. The minimum absolute atomic E-state index is 0.378. The molecular formula is C8H16N2S. The van der Waals surface area contributed by atoms with Gasteiger partial charge >= 0.3 is 0 Å². The van der Waals surface area contributed by atoms with E-state index in [1.165, 1.54) is 25.9 Å². The van der Waals surface area contributed by atoms with E-state index < -0.39 is 0 Å². The molecule has 1 unspecified atom stereocenters. The molecule has 1 aliphatic heterocycles. The highest BCUT2D eigenvalue weighted by Crippen LogP contribution is 2.09. The Morgan fingerprint density at radius 2 is 2.09 bits per heavy atom. The van der Waals surface area contributed by atoms with Crippen LogP contribution in [-0.4, -0.2) is 29.5 Å². The average molecular weight is 172 g/mol. The lowest BCUT2D eigenvalue weighted by molar-refractivity contribution is 0.319. The Morgan fingerprint density at radius 3 is 2.55 bits per heavy atom. The predicted octanol–water partition coefficient (Wildman–Crippen LogP) is 1.00.